The highest BCUT2D eigenvalue weighted by atomic mass is 16.5. The van der Waals surface area contributed by atoms with Gasteiger partial charge in [0.25, 0.3) is 0 Å². The SMILES string of the molecule is COC(=O)C1=C(C)OC(=N)C(C#N)C1c1cccnc1. The van der Waals surface area contributed by atoms with Gasteiger partial charge in [0.05, 0.1) is 18.8 Å². The van der Waals surface area contributed by atoms with E-state index in [1.54, 1.807) is 31.5 Å². The molecule has 0 saturated heterocycles. The Kier molecular flexibility index (Phi) is 3.80. The Hall–Kier alpha value is -2.68. The Balaban J connectivity index is 2.61. The van der Waals surface area contributed by atoms with E-state index >= 15 is 0 Å². The lowest BCUT2D eigenvalue weighted by molar-refractivity contribution is -0.136. The molecule has 0 aliphatic carbocycles. The lowest BCUT2D eigenvalue weighted by Crippen LogP contribution is -2.32. The second-order valence-electron chi connectivity index (χ2n) is 4.30. The molecule has 0 saturated carbocycles. The summed E-state index contributed by atoms with van der Waals surface area (Å²) >= 11 is 0. The molecule has 2 atom stereocenters. The summed E-state index contributed by atoms with van der Waals surface area (Å²) in [5, 5.41) is 17.1. The molecule has 2 unspecified atom stereocenters. The van der Waals surface area contributed by atoms with Crippen molar-refractivity contribution < 1.29 is 14.3 Å². The largest absolute Gasteiger partial charge is 0.466 e. The third-order valence-electron chi connectivity index (χ3n) is 3.16. The van der Waals surface area contributed by atoms with Crippen molar-refractivity contribution in [1.82, 2.24) is 4.98 Å². The average molecular weight is 271 g/mol. The van der Waals surface area contributed by atoms with Crippen LogP contribution in [0.5, 0.6) is 0 Å². The van der Waals surface area contributed by atoms with E-state index in [0.717, 1.165) is 0 Å². The Labute approximate surface area is 116 Å². The highest BCUT2D eigenvalue weighted by Gasteiger charge is 2.41. The van der Waals surface area contributed by atoms with Gasteiger partial charge in [-0.3, -0.25) is 10.4 Å². The Bertz CT molecular complexity index is 616. The van der Waals surface area contributed by atoms with Crippen molar-refractivity contribution in [2.24, 2.45) is 5.92 Å². The molecule has 1 aliphatic heterocycles. The van der Waals surface area contributed by atoms with Crippen LogP contribution in [-0.4, -0.2) is 24.0 Å². The van der Waals surface area contributed by atoms with Crippen LogP contribution in [0.15, 0.2) is 35.9 Å². The number of hydrogen-bond donors (Lipinski definition) is 1. The number of carbonyl (C=O) groups excluding carboxylic acids is 1. The number of pyridine rings is 1. The highest BCUT2D eigenvalue weighted by Crippen LogP contribution is 2.39. The number of carbonyl (C=O) groups is 1. The van der Waals surface area contributed by atoms with E-state index in [4.69, 9.17) is 14.9 Å². The summed E-state index contributed by atoms with van der Waals surface area (Å²) in [6.07, 6.45) is 3.17. The molecule has 2 rings (SSSR count). The van der Waals surface area contributed by atoms with E-state index in [1.165, 1.54) is 7.11 Å². The zero-order valence-electron chi connectivity index (χ0n) is 11.1. The minimum Gasteiger partial charge on any atom is -0.466 e. The molecule has 0 bridgehead atoms. The van der Waals surface area contributed by atoms with Gasteiger partial charge in [-0.25, -0.2) is 4.79 Å². The molecule has 1 N–H and O–H groups in total. The van der Waals surface area contributed by atoms with Crippen molar-refractivity contribution in [2.75, 3.05) is 7.11 Å². The minimum atomic E-state index is -0.878. The number of rotatable bonds is 2. The Morgan fingerprint density at radius 2 is 2.35 bits per heavy atom. The van der Waals surface area contributed by atoms with Crippen molar-refractivity contribution in [2.45, 2.75) is 12.8 Å². The molecule has 6 heteroatoms. The number of aromatic nitrogens is 1. The second kappa shape index (κ2) is 5.53. The topological polar surface area (TPSA) is 96.1 Å². The van der Waals surface area contributed by atoms with Crippen LogP contribution in [0.1, 0.15) is 18.4 Å². The fourth-order valence-corrected chi connectivity index (χ4v) is 2.25. The number of allylic oxidation sites excluding steroid dienone is 1. The summed E-state index contributed by atoms with van der Waals surface area (Å²) < 4.78 is 9.96. The van der Waals surface area contributed by atoms with Crippen LogP contribution in [0.25, 0.3) is 0 Å². The summed E-state index contributed by atoms with van der Waals surface area (Å²) in [6.45, 7) is 1.58. The third kappa shape index (κ3) is 2.26. The maximum absolute atomic E-state index is 12.0. The summed E-state index contributed by atoms with van der Waals surface area (Å²) in [5.74, 6) is -1.95. The van der Waals surface area contributed by atoms with Gasteiger partial charge in [0.15, 0.2) is 0 Å². The van der Waals surface area contributed by atoms with E-state index in [2.05, 4.69) is 4.98 Å². The normalized spacial score (nSPS) is 21.9. The summed E-state index contributed by atoms with van der Waals surface area (Å²) in [4.78, 5) is 16.0. The molecule has 0 fully saturated rings. The van der Waals surface area contributed by atoms with Gasteiger partial charge in [0.2, 0.25) is 5.90 Å². The smallest absolute Gasteiger partial charge is 0.337 e. The standard InChI is InChI=1S/C14H13N3O3/c1-8-11(14(18)19-2)12(9-4-3-5-17-7-9)10(6-15)13(16)20-8/h3-5,7,10,12,16H,1-2H3. The molecule has 102 valence electrons. The quantitative estimate of drug-likeness (QED) is 0.827. The van der Waals surface area contributed by atoms with Crippen molar-refractivity contribution >= 4 is 11.9 Å². The van der Waals surface area contributed by atoms with E-state index in [9.17, 15) is 10.1 Å². The number of esters is 1. The number of hydrogen-bond acceptors (Lipinski definition) is 6. The first-order valence-corrected chi connectivity index (χ1v) is 5.95. The van der Waals surface area contributed by atoms with Gasteiger partial charge in [-0.05, 0) is 18.6 Å². The van der Waals surface area contributed by atoms with Crippen LogP contribution in [0.4, 0.5) is 0 Å². The van der Waals surface area contributed by atoms with Crippen LogP contribution in [-0.2, 0) is 14.3 Å². The lowest BCUT2D eigenvalue weighted by atomic mass is 9.79. The first-order chi connectivity index (χ1) is 9.60. The molecular weight excluding hydrogens is 258 g/mol. The van der Waals surface area contributed by atoms with Gasteiger partial charge in [-0.1, -0.05) is 6.07 Å². The predicted molar refractivity (Wildman–Crippen MR) is 69.6 cm³/mol. The van der Waals surface area contributed by atoms with Crippen LogP contribution in [0.3, 0.4) is 0 Å². The van der Waals surface area contributed by atoms with E-state index < -0.39 is 17.8 Å². The monoisotopic (exact) mass is 271 g/mol. The van der Waals surface area contributed by atoms with Gasteiger partial charge < -0.3 is 9.47 Å². The third-order valence-corrected chi connectivity index (χ3v) is 3.16. The zero-order valence-corrected chi connectivity index (χ0v) is 11.1. The molecule has 0 amide bonds. The number of nitrogens with zero attached hydrogens (tertiary/aromatic N) is 2. The molecule has 1 aromatic rings. The van der Waals surface area contributed by atoms with E-state index in [1.807, 2.05) is 6.07 Å². The van der Waals surface area contributed by atoms with Crippen LogP contribution in [0, 0.1) is 22.7 Å². The molecule has 0 aromatic carbocycles. The van der Waals surface area contributed by atoms with Gasteiger partial charge >= 0.3 is 5.97 Å². The van der Waals surface area contributed by atoms with Crippen molar-refractivity contribution in [3.05, 3.63) is 41.4 Å². The molecule has 6 nitrogen and oxygen atoms in total. The van der Waals surface area contributed by atoms with Crippen LogP contribution < -0.4 is 0 Å². The molecular formula is C14H13N3O3. The molecule has 20 heavy (non-hydrogen) atoms. The predicted octanol–water partition coefficient (Wildman–Crippen LogP) is 1.76. The van der Waals surface area contributed by atoms with E-state index in [0.29, 0.717) is 5.56 Å². The Morgan fingerprint density at radius 1 is 1.60 bits per heavy atom. The van der Waals surface area contributed by atoms with E-state index in [-0.39, 0.29) is 17.2 Å². The van der Waals surface area contributed by atoms with Crippen molar-refractivity contribution in [3.8, 4) is 6.07 Å². The summed E-state index contributed by atoms with van der Waals surface area (Å²) in [5.41, 5.74) is 0.926. The minimum absolute atomic E-state index is 0.175. The van der Waals surface area contributed by atoms with Crippen LogP contribution in [0.2, 0.25) is 0 Å². The van der Waals surface area contributed by atoms with Crippen molar-refractivity contribution in [3.63, 3.8) is 0 Å². The molecule has 2 heterocycles. The number of nitrogens with one attached hydrogen (secondary N) is 1. The number of ether oxygens (including phenoxy) is 2. The van der Waals surface area contributed by atoms with Gasteiger partial charge in [0.1, 0.15) is 11.7 Å². The highest BCUT2D eigenvalue weighted by molar-refractivity contribution is 5.95. The maximum Gasteiger partial charge on any atom is 0.337 e. The summed E-state index contributed by atoms with van der Waals surface area (Å²) in [6, 6.07) is 5.49. The second-order valence-corrected chi connectivity index (χ2v) is 4.30. The van der Waals surface area contributed by atoms with Crippen molar-refractivity contribution in [1.29, 1.82) is 10.7 Å². The zero-order chi connectivity index (χ0) is 14.7. The fourth-order valence-electron chi connectivity index (χ4n) is 2.25. The first kappa shape index (κ1) is 13.7. The van der Waals surface area contributed by atoms with Gasteiger partial charge in [-0.15, -0.1) is 0 Å². The number of methoxy groups -OCH3 is 1. The number of nitriles is 1. The maximum atomic E-state index is 12.0. The molecule has 0 spiro atoms. The van der Waals surface area contributed by atoms with Gasteiger partial charge in [-0.2, -0.15) is 5.26 Å². The molecule has 0 radical (unpaired) electrons. The lowest BCUT2D eigenvalue weighted by Gasteiger charge is -2.30. The fraction of sp³-hybridized carbons (Fsp3) is 0.286. The first-order valence-electron chi connectivity index (χ1n) is 5.95. The van der Waals surface area contributed by atoms with Crippen LogP contribution >= 0.6 is 0 Å². The summed E-state index contributed by atoms with van der Waals surface area (Å²) in [7, 11) is 1.27. The molecule has 1 aromatic heterocycles. The Morgan fingerprint density at radius 3 is 2.90 bits per heavy atom. The average Bonchev–Trinajstić information content (AvgIpc) is 2.46. The van der Waals surface area contributed by atoms with Gasteiger partial charge in [0, 0.05) is 18.3 Å². The molecule has 1 aliphatic rings.